The van der Waals surface area contributed by atoms with E-state index in [0.29, 0.717) is 5.69 Å². The van der Waals surface area contributed by atoms with Gasteiger partial charge in [-0.15, -0.1) is 0 Å². The van der Waals surface area contributed by atoms with E-state index in [0.717, 1.165) is 31.9 Å². The molecule has 2 rings (SSSR count). The van der Waals surface area contributed by atoms with Crippen LogP contribution in [0.4, 0.5) is 5.69 Å². The molecule has 0 radical (unpaired) electrons. The van der Waals surface area contributed by atoms with Crippen molar-refractivity contribution in [1.29, 1.82) is 0 Å². The largest absolute Gasteiger partial charge is 0.497 e. The fourth-order valence-corrected chi connectivity index (χ4v) is 2.19. The molecule has 0 unspecified atom stereocenters. The number of hydrogen-bond acceptors (Lipinski definition) is 4. The van der Waals surface area contributed by atoms with Crippen molar-refractivity contribution < 1.29 is 14.3 Å². The van der Waals surface area contributed by atoms with Crippen molar-refractivity contribution in [3.63, 3.8) is 0 Å². The zero-order valence-corrected chi connectivity index (χ0v) is 12.2. The predicted octanol–water partition coefficient (Wildman–Crippen LogP) is 0.846. The zero-order valence-electron chi connectivity index (χ0n) is 12.2. The maximum atomic E-state index is 11.9. The van der Waals surface area contributed by atoms with Crippen molar-refractivity contribution in [2.45, 2.75) is 12.8 Å². The van der Waals surface area contributed by atoms with E-state index < -0.39 is 0 Å². The number of benzene rings is 1. The van der Waals surface area contributed by atoms with Gasteiger partial charge < -0.3 is 20.3 Å². The lowest BCUT2D eigenvalue weighted by Gasteiger charge is -2.27. The van der Waals surface area contributed by atoms with Crippen LogP contribution >= 0.6 is 0 Å². The second-order valence-electron chi connectivity index (χ2n) is 4.91. The van der Waals surface area contributed by atoms with Crippen LogP contribution in [0.3, 0.4) is 0 Å². The SMILES string of the molecule is COc1ccc(NC(=O)CCC(=O)N2CCNCC2)cc1. The lowest BCUT2D eigenvalue weighted by atomic mass is 10.2. The van der Waals surface area contributed by atoms with Crippen LogP contribution in [0.15, 0.2) is 24.3 Å². The molecule has 1 aromatic rings. The Bertz CT molecular complexity index is 481. The first-order valence-electron chi connectivity index (χ1n) is 7.11. The van der Waals surface area contributed by atoms with Crippen LogP contribution in [0.1, 0.15) is 12.8 Å². The highest BCUT2D eigenvalue weighted by Crippen LogP contribution is 2.15. The van der Waals surface area contributed by atoms with Crippen LogP contribution in [0.2, 0.25) is 0 Å². The van der Waals surface area contributed by atoms with Crippen LogP contribution in [0, 0.1) is 0 Å². The first-order valence-corrected chi connectivity index (χ1v) is 7.11. The molecule has 0 spiro atoms. The predicted molar refractivity (Wildman–Crippen MR) is 80.3 cm³/mol. The maximum absolute atomic E-state index is 11.9. The van der Waals surface area contributed by atoms with Crippen molar-refractivity contribution in [3.8, 4) is 5.75 Å². The lowest BCUT2D eigenvalue weighted by Crippen LogP contribution is -2.46. The summed E-state index contributed by atoms with van der Waals surface area (Å²) in [6, 6.07) is 7.10. The lowest BCUT2D eigenvalue weighted by molar-refractivity contribution is -0.133. The Morgan fingerprint density at radius 1 is 1.19 bits per heavy atom. The van der Waals surface area contributed by atoms with E-state index in [1.54, 1.807) is 36.3 Å². The van der Waals surface area contributed by atoms with Crippen molar-refractivity contribution in [1.82, 2.24) is 10.2 Å². The van der Waals surface area contributed by atoms with Gasteiger partial charge in [0.05, 0.1) is 7.11 Å². The Balaban J connectivity index is 1.74. The second-order valence-corrected chi connectivity index (χ2v) is 4.91. The number of hydrogen-bond donors (Lipinski definition) is 2. The Morgan fingerprint density at radius 2 is 1.86 bits per heavy atom. The highest BCUT2D eigenvalue weighted by atomic mass is 16.5. The molecule has 0 aliphatic carbocycles. The Kier molecular flexibility index (Phi) is 5.57. The van der Waals surface area contributed by atoms with Gasteiger partial charge >= 0.3 is 0 Å². The van der Waals surface area contributed by atoms with Gasteiger partial charge in [0, 0.05) is 44.7 Å². The average Bonchev–Trinajstić information content (AvgIpc) is 2.54. The highest BCUT2D eigenvalue weighted by molar-refractivity contribution is 5.93. The summed E-state index contributed by atoms with van der Waals surface area (Å²) < 4.78 is 5.05. The minimum Gasteiger partial charge on any atom is -0.497 e. The Labute approximate surface area is 124 Å². The molecular formula is C15H21N3O3. The molecule has 1 heterocycles. The summed E-state index contributed by atoms with van der Waals surface area (Å²) in [4.78, 5) is 25.6. The molecule has 1 saturated heterocycles. The van der Waals surface area contributed by atoms with Gasteiger partial charge in [0.2, 0.25) is 11.8 Å². The van der Waals surface area contributed by atoms with Crippen LogP contribution in [-0.4, -0.2) is 50.0 Å². The summed E-state index contributed by atoms with van der Waals surface area (Å²) in [5.74, 6) is 0.631. The number of anilines is 1. The maximum Gasteiger partial charge on any atom is 0.224 e. The molecule has 0 bridgehead atoms. The van der Waals surface area contributed by atoms with Gasteiger partial charge in [-0.25, -0.2) is 0 Å². The highest BCUT2D eigenvalue weighted by Gasteiger charge is 2.16. The molecule has 0 atom stereocenters. The van der Waals surface area contributed by atoms with Gasteiger partial charge in [-0.3, -0.25) is 9.59 Å². The summed E-state index contributed by atoms with van der Waals surface area (Å²) in [5.41, 5.74) is 0.704. The van der Waals surface area contributed by atoms with Crippen molar-refractivity contribution in [2.24, 2.45) is 0 Å². The van der Waals surface area contributed by atoms with E-state index in [-0.39, 0.29) is 24.7 Å². The summed E-state index contributed by atoms with van der Waals surface area (Å²) >= 11 is 0. The van der Waals surface area contributed by atoms with Crippen LogP contribution in [0.25, 0.3) is 0 Å². The van der Waals surface area contributed by atoms with Gasteiger partial charge in [-0.05, 0) is 24.3 Å². The van der Waals surface area contributed by atoms with Crippen molar-refractivity contribution in [3.05, 3.63) is 24.3 Å². The number of carbonyl (C=O) groups is 2. The summed E-state index contributed by atoms with van der Waals surface area (Å²) in [6.07, 6.45) is 0.455. The molecule has 6 heteroatoms. The minimum atomic E-state index is -0.149. The van der Waals surface area contributed by atoms with Crippen molar-refractivity contribution in [2.75, 3.05) is 38.6 Å². The molecule has 6 nitrogen and oxygen atoms in total. The second kappa shape index (κ2) is 7.64. The third-order valence-corrected chi connectivity index (χ3v) is 3.41. The summed E-state index contributed by atoms with van der Waals surface area (Å²) in [6.45, 7) is 3.09. The number of methoxy groups -OCH3 is 1. The fraction of sp³-hybridized carbons (Fsp3) is 0.467. The smallest absolute Gasteiger partial charge is 0.224 e. The van der Waals surface area contributed by atoms with Crippen molar-refractivity contribution >= 4 is 17.5 Å². The molecule has 21 heavy (non-hydrogen) atoms. The van der Waals surface area contributed by atoms with Gasteiger partial charge in [-0.1, -0.05) is 0 Å². The first-order chi connectivity index (χ1) is 10.2. The minimum absolute atomic E-state index is 0.0429. The number of ether oxygens (including phenoxy) is 1. The molecule has 0 aromatic heterocycles. The van der Waals surface area contributed by atoms with E-state index in [1.165, 1.54) is 0 Å². The number of nitrogens with zero attached hydrogens (tertiary/aromatic N) is 1. The normalized spacial score (nSPS) is 14.6. The third-order valence-electron chi connectivity index (χ3n) is 3.41. The van der Waals surface area contributed by atoms with Crippen LogP contribution in [0.5, 0.6) is 5.75 Å². The quantitative estimate of drug-likeness (QED) is 0.843. The molecule has 1 aromatic carbocycles. The molecule has 114 valence electrons. The number of rotatable bonds is 5. The van der Waals surface area contributed by atoms with Gasteiger partial charge in [0.1, 0.15) is 5.75 Å². The summed E-state index contributed by atoms with van der Waals surface area (Å²) in [7, 11) is 1.59. The van der Waals surface area contributed by atoms with E-state index in [2.05, 4.69) is 10.6 Å². The van der Waals surface area contributed by atoms with E-state index >= 15 is 0 Å². The molecular weight excluding hydrogens is 270 g/mol. The molecule has 1 aliphatic rings. The Hall–Kier alpha value is -2.08. The number of carbonyl (C=O) groups excluding carboxylic acids is 2. The topological polar surface area (TPSA) is 70.7 Å². The van der Waals surface area contributed by atoms with E-state index in [4.69, 9.17) is 4.74 Å². The zero-order chi connectivity index (χ0) is 15.1. The number of amides is 2. The molecule has 1 aliphatic heterocycles. The Morgan fingerprint density at radius 3 is 2.48 bits per heavy atom. The summed E-state index contributed by atoms with van der Waals surface area (Å²) in [5, 5.41) is 5.97. The molecule has 1 fully saturated rings. The van der Waals surface area contributed by atoms with Gasteiger partial charge in [-0.2, -0.15) is 0 Å². The van der Waals surface area contributed by atoms with E-state index in [1.807, 2.05) is 0 Å². The van der Waals surface area contributed by atoms with Crippen LogP contribution in [-0.2, 0) is 9.59 Å². The van der Waals surface area contributed by atoms with Gasteiger partial charge in [0.25, 0.3) is 0 Å². The average molecular weight is 291 g/mol. The molecule has 2 amide bonds. The molecule has 2 N–H and O–H groups in total. The number of nitrogens with one attached hydrogen (secondary N) is 2. The number of piperazine rings is 1. The van der Waals surface area contributed by atoms with Gasteiger partial charge in [0.15, 0.2) is 0 Å². The first kappa shape index (κ1) is 15.3. The van der Waals surface area contributed by atoms with E-state index in [9.17, 15) is 9.59 Å². The standard InChI is InChI=1S/C15H21N3O3/c1-21-13-4-2-12(3-5-13)17-14(19)6-7-15(20)18-10-8-16-9-11-18/h2-5,16H,6-11H2,1H3,(H,17,19). The third kappa shape index (κ3) is 4.75. The fourth-order valence-electron chi connectivity index (χ4n) is 2.19. The monoisotopic (exact) mass is 291 g/mol. The molecule has 0 saturated carbocycles. The van der Waals surface area contributed by atoms with Crippen LogP contribution < -0.4 is 15.4 Å².